The third-order valence-corrected chi connectivity index (χ3v) is 6.80. The molecule has 2 aliphatic heterocycles. The summed E-state index contributed by atoms with van der Waals surface area (Å²) in [6.45, 7) is 3.57. The molecular formula is C23H29N3O2S. The smallest absolute Gasteiger partial charge is 0.251 e. The SMILES string of the molecule is CSc1ccc(C(=O)NCC2CCC3(CCN(Cc4ccccn4)CC3)O2)cc1. The normalized spacial score (nSPS) is 21.3. The van der Waals surface area contributed by atoms with Crippen molar-refractivity contribution >= 4 is 17.7 Å². The van der Waals surface area contributed by atoms with E-state index in [1.54, 1.807) is 11.8 Å². The molecule has 0 saturated carbocycles. The van der Waals surface area contributed by atoms with Gasteiger partial charge < -0.3 is 10.1 Å². The van der Waals surface area contributed by atoms with Crippen molar-refractivity contribution in [3.05, 3.63) is 59.9 Å². The number of pyridine rings is 1. The third-order valence-electron chi connectivity index (χ3n) is 6.06. The average molecular weight is 412 g/mol. The Hall–Kier alpha value is -1.89. The van der Waals surface area contributed by atoms with Crippen LogP contribution in [-0.4, -0.2) is 53.4 Å². The first-order chi connectivity index (χ1) is 14.2. The van der Waals surface area contributed by atoms with Crippen molar-refractivity contribution in [2.75, 3.05) is 25.9 Å². The van der Waals surface area contributed by atoms with E-state index in [2.05, 4.69) is 21.3 Å². The highest BCUT2D eigenvalue weighted by Crippen LogP contribution is 2.39. The van der Waals surface area contributed by atoms with Gasteiger partial charge in [-0.2, -0.15) is 0 Å². The molecule has 0 bridgehead atoms. The van der Waals surface area contributed by atoms with Gasteiger partial charge >= 0.3 is 0 Å². The lowest BCUT2D eigenvalue weighted by Crippen LogP contribution is -2.45. The molecule has 1 atom stereocenters. The number of nitrogens with zero attached hydrogens (tertiary/aromatic N) is 2. The van der Waals surface area contributed by atoms with Crippen molar-refractivity contribution in [3.8, 4) is 0 Å². The first kappa shape index (κ1) is 20.4. The first-order valence-electron chi connectivity index (χ1n) is 10.4. The molecule has 4 rings (SSSR count). The summed E-state index contributed by atoms with van der Waals surface area (Å²) >= 11 is 1.68. The zero-order chi connectivity index (χ0) is 20.1. The van der Waals surface area contributed by atoms with Crippen LogP contribution in [0.25, 0.3) is 0 Å². The summed E-state index contributed by atoms with van der Waals surface area (Å²) in [5.74, 6) is -0.0209. The van der Waals surface area contributed by atoms with E-state index in [1.807, 2.05) is 48.9 Å². The van der Waals surface area contributed by atoms with Crippen LogP contribution in [0, 0.1) is 0 Å². The predicted molar refractivity (Wildman–Crippen MR) is 116 cm³/mol. The summed E-state index contributed by atoms with van der Waals surface area (Å²) in [7, 11) is 0. The fourth-order valence-corrected chi connectivity index (χ4v) is 4.71. The van der Waals surface area contributed by atoms with Crippen LogP contribution in [0.15, 0.2) is 53.6 Å². The van der Waals surface area contributed by atoms with Crippen LogP contribution in [0.4, 0.5) is 0 Å². The van der Waals surface area contributed by atoms with Crippen LogP contribution in [0.2, 0.25) is 0 Å². The molecule has 1 aromatic heterocycles. The summed E-state index contributed by atoms with van der Waals surface area (Å²) in [5.41, 5.74) is 1.83. The van der Waals surface area contributed by atoms with Crippen LogP contribution in [0.1, 0.15) is 41.7 Å². The summed E-state index contributed by atoms with van der Waals surface area (Å²) in [6, 6.07) is 13.8. The van der Waals surface area contributed by atoms with Crippen molar-refractivity contribution in [1.82, 2.24) is 15.2 Å². The summed E-state index contributed by atoms with van der Waals surface area (Å²) in [4.78, 5) is 20.5. The Bertz CT molecular complexity index is 805. The number of rotatable bonds is 6. The molecule has 2 aromatic rings. The van der Waals surface area contributed by atoms with Crippen LogP contribution in [-0.2, 0) is 11.3 Å². The Kier molecular flexibility index (Phi) is 6.53. The number of hydrogen-bond acceptors (Lipinski definition) is 5. The zero-order valence-electron chi connectivity index (χ0n) is 17.0. The number of thioether (sulfide) groups is 1. The molecule has 2 fully saturated rings. The van der Waals surface area contributed by atoms with E-state index in [-0.39, 0.29) is 17.6 Å². The Balaban J connectivity index is 1.22. The number of likely N-dealkylation sites (tertiary alicyclic amines) is 1. The Labute approximate surface area is 177 Å². The van der Waals surface area contributed by atoms with E-state index < -0.39 is 0 Å². The van der Waals surface area contributed by atoms with Crippen LogP contribution in [0.3, 0.4) is 0 Å². The number of piperidine rings is 1. The minimum atomic E-state index is -0.0209. The van der Waals surface area contributed by atoms with Gasteiger partial charge in [0.2, 0.25) is 0 Å². The molecule has 5 nitrogen and oxygen atoms in total. The lowest BCUT2D eigenvalue weighted by Gasteiger charge is -2.39. The van der Waals surface area contributed by atoms with Crippen molar-refractivity contribution in [3.63, 3.8) is 0 Å². The topological polar surface area (TPSA) is 54.5 Å². The molecule has 1 spiro atoms. The van der Waals surface area contributed by atoms with Gasteiger partial charge in [0, 0.05) is 42.8 Å². The second kappa shape index (κ2) is 9.28. The summed E-state index contributed by atoms with van der Waals surface area (Å²) in [5, 5.41) is 3.05. The average Bonchev–Trinajstić information content (AvgIpc) is 3.17. The quantitative estimate of drug-likeness (QED) is 0.734. The molecule has 2 aliphatic rings. The maximum Gasteiger partial charge on any atom is 0.251 e. The van der Waals surface area contributed by atoms with E-state index >= 15 is 0 Å². The number of benzene rings is 1. The Morgan fingerprint density at radius 1 is 1.21 bits per heavy atom. The van der Waals surface area contributed by atoms with Crippen LogP contribution in [0.5, 0.6) is 0 Å². The van der Waals surface area contributed by atoms with Crippen molar-refractivity contribution in [1.29, 1.82) is 0 Å². The van der Waals surface area contributed by atoms with Crippen molar-refractivity contribution in [2.24, 2.45) is 0 Å². The lowest BCUT2D eigenvalue weighted by molar-refractivity contribution is -0.0765. The standard InChI is InChI=1S/C23H29N3O2S/c1-29-21-7-5-18(6-8-21)22(27)25-16-20-9-10-23(28-20)11-14-26(15-12-23)17-19-4-2-3-13-24-19/h2-8,13,20H,9-12,14-17H2,1H3,(H,25,27). The number of ether oxygens (including phenoxy) is 1. The van der Waals surface area contributed by atoms with Gasteiger partial charge in [0.05, 0.1) is 17.4 Å². The number of nitrogens with one attached hydrogen (secondary N) is 1. The maximum atomic E-state index is 12.4. The molecule has 1 unspecified atom stereocenters. The minimum Gasteiger partial charge on any atom is -0.370 e. The fraction of sp³-hybridized carbons (Fsp3) is 0.478. The van der Waals surface area contributed by atoms with E-state index in [4.69, 9.17) is 4.74 Å². The number of aromatic nitrogens is 1. The van der Waals surface area contributed by atoms with Gasteiger partial charge in [-0.1, -0.05) is 6.07 Å². The second-order valence-corrected chi connectivity index (χ2v) is 8.88. The predicted octanol–water partition coefficient (Wildman–Crippen LogP) is 3.75. The molecule has 1 aromatic carbocycles. The molecule has 6 heteroatoms. The second-order valence-electron chi connectivity index (χ2n) is 8.00. The van der Waals surface area contributed by atoms with Gasteiger partial charge in [0.1, 0.15) is 0 Å². The largest absolute Gasteiger partial charge is 0.370 e. The lowest BCUT2D eigenvalue weighted by atomic mass is 9.88. The molecule has 154 valence electrons. The van der Waals surface area contributed by atoms with Gasteiger partial charge in [0.15, 0.2) is 0 Å². The van der Waals surface area contributed by atoms with Gasteiger partial charge in [-0.3, -0.25) is 14.7 Å². The molecule has 29 heavy (non-hydrogen) atoms. The number of hydrogen-bond donors (Lipinski definition) is 1. The van der Waals surface area contributed by atoms with Crippen molar-refractivity contribution < 1.29 is 9.53 Å². The molecule has 0 radical (unpaired) electrons. The van der Waals surface area contributed by atoms with Gasteiger partial charge in [-0.25, -0.2) is 0 Å². The molecule has 0 aliphatic carbocycles. The van der Waals surface area contributed by atoms with Gasteiger partial charge in [0.25, 0.3) is 5.91 Å². The molecule has 3 heterocycles. The third kappa shape index (κ3) is 5.18. The Morgan fingerprint density at radius 2 is 2.00 bits per heavy atom. The highest BCUT2D eigenvalue weighted by atomic mass is 32.2. The highest BCUT2D eigenvalue weighted by molar-refractivity contribution is 7.98. The van der Waals surface area contributed by atoms with E-state index in [0.29, 0.717) is 12.1 Å². The van der Waals surface area contributed by atoms with Crippen LogP contribution >= 0.6 is 11.8 Å². The van der Waals surface area contributed by atoms with E-state index in [9.17, 15) is 4.79 Å². The zero-order valence-corrected chi connectivity index (χ0v) is 17.8. The number of amides is 1. The van der Waals surface area contributed by atoms with Gasteiger partial charge in [-0.05, 0) is 68.3 Å². The monoisotopic (exact) mass is 411 g/mol. The molecule has 2 saturated heterocycles. The highest BCUT2D eigenvalue weighted by Gasteiger charge is 2.42. The minimum absolute atomic E-state index is 0.00396. The molecular weight excluding hydrogens is 382 g/mol. The summed E-state index contributed by atoms with van der Waals surface area (Å²) in [6.07, 6.45) is 8.23. The van der Waals surface area contributed by atoms with Gasteiger partial charge in [-0.15, -0.1) is 11.8 Å². The first-order valence-corrected chi connectivity index (χ1v) is 11.6. The Morgan fingerprint density at radius 3 is 2.69 bits per heavy atom. The fourth-order valence-electron chi connectivity index (χ4n) is 4.30. The van der Waals surface area contributed by atoms with E-state index in [0.717, 1.165) is 55.9 Å². The van der Waals surface area contributed by atoms with Crippen LogP contribution < -0.4 is 5.32 Å². The van der Waals surface area contributed by atoms with Crippen molar-refractivity contribution in [2.45, 2.75) is 48.8 Å². The van der Waals surface area contributed by atoms with E-state index in [1.165, 1.54) is 0 Å². The molecule has 1 N–H and O–H groups in total. The molecule has 1 amide bonds. The number of carbonyl (C=O) groups is 1. The maximum absolute atomic E-state index is 12.4. The number of carbonyl (C=O) groups excluding carboxylic acids is 1. The summed E-state index contributed by atoms with van der Waals surface area (Å²) < 4.78 is 6.45.